The Labute approximate surface area is 124 Å². The molecule has 4 heteroatoms. The number of aromatic nitrogens is 1. The predicted octanol–water partition coefficient (Wildman–Crippen LogP) is 3.03. The summed E-state index contributed by atoms with van der Waals surface area (Å²) in [5, 5.41) is 3.55. The molecule has 0 aliphatic heterocycles. The minimum absolute atomic E-state index is 0.00397. The molecule has 3 nitrogen and oxygen atoms in total. The molecule has 0 radical (unpaired) electrons. The summed E-state index contributed by atoms with van der Waals surface area (Å²) in [6.45, 7) is 0.665. The summed E-state index contributed by atoms with van der Waals surface area (Å²) in [5.74, 6) is 0.00397. The molecule has 0 saturated heterocycles. The first-order valence-electron chi connectivity index (χ1n) is 6.65. The van der Waals surface area contributed by atoms with E-state index in [9.17, 15) is 4.79 Å². The Morgan fingerprint density at radius 2 is 2.05 bits per heavy atom. The number of nitrogens with one attached hydrogen (secondary N) is 1. The molecule has 1 amide bonds. The Morgan fingerprint density at radius 3 is 2.80 bits per heavy atom. The average Bonchev–Trinajstić information content (AvgIpc) is 2.47. The van der Waals surface area contributed by atoms with Gasteiger partial charge in [0.2, 0.25) is 5.91 Å². The van der Waals surface area contributed by atoms with Crippen molar-refractivity contribution in [3.05, 3.63) is 64.9 Å². The number of carbonyl (C=O) groups is 1. The number of hydrogen-bond donors (Lipinski definition) is 1. The first-order valence-corrected chi connectivity index (χ1v) is 7.02. The van der Waals surface area contributed by atoms with E-state index in [0.717, 1.165) is 18.4 Å². The minimum Gasteiger partial charge on any atom is -0.356 e. The molecule has 0 spiro atoms. The van der Waals surface area contributed by atoms with Crippen molar-refractivity contribution in [2.45, 2.75) is 19.3 Å². The van der Waals surface area contributed by atoms with Crippen molar-refractivity contribution >= 4 is 17.5 Å². The highest BCUT2D eigenvalue weighted by molar-refractivity contribution is 6.31. The van der Waals surface area contributed by atoms with E-state index in [-0.39, 0.29) is 5.91 Å². The second kappa shape index (κ2) is 7.65. The van der Waals surface area contributed by atoms with Crippen LogP contribution in [0.1, 0.15) is 17.5 Å². The van der Waals surface area contributed by atoms with Crippen LogP contribution in [0.5, 0.6) is 0 Å². The zero-order chi connectivity index (χ0) is 14.2. The third-order valence-corrected chi connectivity index (χ3v) is 3.36. The zero-order valence-corrected chi connectivity index (χ0v) is 11.9. The summed E-state index contributed by atoms with van der Waals surface area (Å²) in [7, 11) is 0. The van der Waals surface area contributed by atoms with E-state index in [1.165, 1.54) is 5.56 Å². The van der Waals surface area contributed by atoms with Crippen LogP contribution in [0.2, 0.25) is 5.02 Å². The maximum absolute atomic E-state index is 11.8. The van der Waals surface area contributed by atoms with Gasteiger partial charge in [-0.05, 0) is 36.1 Å². The van der Waals surface area contributed by atoms with Gasteiger partial charge >= 0.3 is 0 Å². The van der Waals surface area contributed by atoms with Crippen LogP contribution in [0.4, 0.5) is 0 Å². The van der Waals surface area contributed by atoms with Gasteiger partial charge in [-0.1, -0.05) is 35.9 Å². The van der Waals surface area contributed by atoms with E-state index >= 15 is 0 Å². The van der Waals surface area contributed by atoms with Gasteiger partial charge in [0.15, 0.2) is 0 Å². The standard InChI is InChI=1S/C16H17ClN2O/c17-15-8-2-1-7-14(15)11-16(20)19-10-4-6-13-5-3-9-18-12-13/h1-3,5,7-9,12H,4,6,10-11H2,(H,19,20). The quantitative estimate of drug-likeness (QED) is 0.830. The van der Waals surface area contributed by atoms with Gasteiger partial charge in [-0.3, -0.25) is 9.78 Å². The van der Waals surface area contributed by atoms with Gasteiger partial charge < -0.3 is 5.32 Å². The van der Waals surface area contributed by atoms with Crippen LogP contribution in [-0.2, 0) is 17.6 Å². The van der Waals surface area contributed by atoms with Crippen molar-refractivity contribution in [3.8, 4) is 0 Å². The van der Waals surface area contributed by atoms with Crippen molar-refractivity contribution in [1.29, 1.82) is 0 Å². The summed E-state index contributed by atoms with van der Waals surface area (Å²) in [6, 6.07) is 11.4. The fourth-order valence-electron chi connectivity index (χ4n) is 1.94. The molecule has 1 aromatic carbocycles. The van der Waals surface area contributed by atoms with E-state index < -0.39 is 0 Å². The molecule has 1 N–H and O–H groups in total. The lowest BCUT2D eigenvalue weighted by molar-refractivity contribution is -0.120. The highest BCUT2D eigenvalue weighted by Gasteiger charge is 2.05. The number of nitrogens with zero attached hydrogens (tertiary/aromatic N) is 1. The van der Waals surface area contributed by atoms with Gasteiger partial charge in [-0.15, -0.1) is 0 Å². The van der Waals surface area contributed by atoms with E-state index in [1.54, 1.807) is 12.3 Å². The lowest BCUT2D eigenvalue weighted by Gasteiger charge is -2.06. The maximum atomic E-state index is 11.8. The summed E-state index contributed by atoms with van der Waals surface area (Å²) in [6.07, 6.45) is 5.76. The van der Waals surface area contributed by atoms with Crippen molar-refractivity contribution in [2.75, 3.05) is 6.54 Å². The molecule has 104 valence electrons. The molecule has 2 rings (SSSR count). The Bertz CT molecular complexity index is 557. The molecule has 0 aliphatic rings. The molecular weight excluding hydrogens is 272 g/mol. The normalized spacial score (nSPS) is 10.2. The first kappa shape index (κ1) is 14.5. The molecule has 2 aromatic rings. The highest BCUT2D eigenvalue weighted by Crippen LogP contribution is 2.15. The van der Waals surface area contributed by atoms with Crippen LogP contribution in [-0.4, -0.2) is 17.4 Å². The zero-order valence-electron chi connectivity index (χ0n) is 11.2. The van der Waals surface area contributed by atoms with Gasteiger partial charge in [-0.2, -0.15) is 0 Å². The van der Waals surface area contributed by atoms with Crippen molar-refractivity contribution in [2.24, 2.45) is 0 Å². The van der Waals surface area contributed by atoms with Gasteiger partial charge in [0.1, 0.15) is 0 Å². The topological polar surface area (TPSA) is 42.0 Å². The van der Waals surface area contributed by atoms with Crippen molar-refractivity contribution < 1.29 is 4.79 Å². The lowest BCUT2D eigenvalue weighted by Crippen LogP contribution is -2.26. The molecule has 0 bridgehead atoms. The predicted molar refractivity (Wildman–Crippen MR) is 80.7 cm³/mol. The summed E-state index contributed by atoms with van der Waals surface area (Å²) >= 11 is 6.02. The van der Waals surface area contributed by atoms with Crippen molar-refractivity contribution in [1.82, 2.24) is 10.3 Å². The van der Waals surface area contributed by atoms with E-state index in [2.05, 4.69) is 10.3 Å². The van der Waals surface area contributed by atoms with Gasteiger partial charge in [-0.25, -0.2) is 0 Å². The molecule has 0 unspecified atom stereocenters. The van der Waals surface area contributed by atoms with Crippen molar-refractivity contribution in [3.63, 3.8) is 0 Å². The SMILES string of the molecule is O=C(Cc1ccccc1Cl)NCCCc1cccnc1. The van der Waals surface area contributed by atoms with Gasteiger partial charge in [0, 0.05) is 24.0 Å². The largest absolute Gasteiger partial charge is 0.356 e. The number of carbonyl (C=O) groups excluding carboxylic acids is 1. The lowest BCUT2D eigenvalue weighted by atomic mass is 10.1. The molecular formula is C16H17ClN2O. The second-order valence-electron chi connectivity index (χ2n) is 4.58. The number of hydrogen-bond acceptors (Lipinski definition) is 2. The Morgan fingerprint density at radius 1 is 1.20 bits per heavy atom. The van der Waals surface area contributed by atoms with Crippen LogP contribution < -0.4 is 5.32 Å². The summed E-state index contributed by atoms with van der Waals surface area (Å²) < 4.78 is 0. The number of aryl methyl sites for hydroxylation is 1. The summed E-state index contributed by atoms with van der Waals surface area (Å²) in [5.41, 5.74) is 2.05. The number of rotatable bonds is 6. The highest BCUT2D eigenvalue weighted by atomic mass is 35.5. The molecule has 0 fully saturated rings. The maximum Gasteiger partial charge on any atom is 0.224 e. The van der Waals surface area contributed by atoms with Crippen LogP contribution in [0.25, 0.3) is 0 Å². The molecule has 1 heterocycles. The van der Waals surface area contributed by atoms with Crippen LogP contribution in [0.15, 0.2) is 48.8 Å². The van der Waals surface area contributed by atoms with E-state index in [1.807, 2.05) is 36.5 Å². The van der Waals surface area contributed by atoms with Gasteiger partial charge in [0.05, 0.1) is 6.42 Å². The summed E-state index contributed by atoms with van der Waals surface area (Å²) in [4.78, 5) is 15.9. The minimum atomic E-state index is 0.00397. The molecule has 1 aromatic heterocycles. The molecule has 0 atom stereocenters. The first-order chi connectivity index (χ1) is 9.75. The monoisotopic (exact) mass is 288 g/mol. The van der Waals surface area contributed by atoms with E-state index in [0.29, 0.717) is 18.0 Å². The number of halogens is 1. The third-order valence-electron chi connectivity index (χ3n) is 3.00. The molecule has 20 heavy (non-hydrogen) atoms. The number of benzene rings is 1. The fraction of sp³-hybridized carbons (Fsp3) is 0.250. The number of amides is 1. The molecule has 0 saturated carbocycles. The number of pyridine rings is 1. The van der Waals surface area contributed by atoms with Crippen LogP contribution in [0.3, 0.4) is 0 Å². The Hall–Kier alpha value is -1.87. The van der Waals surface area contributed by atoms with Crippen LogP contribution >= 0.6 is 11.6 Å². The smallest absolute Gasteiger partial charge is 0.224 e. The fourth-order valence-corrected chi connectivity index (χ4v) is 2.15. The molecule has 0 aliphatic carbocycles. The van der Waals surface area contributed by atoms with Crippen LogP contribution in [0, 0.1) is 0 Å². The second-order valence-corrected chi connectivity index (χ2v) is 4.99. The Balaban J connectivity index is 1.69. The average molecular weight is 289 g/mol. The van der Waals surface area contributed by atoms with Gasteiger partial charge in [0.25, 0.3) is 0 Å². The third kappa shape index (κ3) is 4.67. The Kier molecular flexibility index (Phi) is 5.56. The van der Waals surface area contributed by atoms with E-state index in [4.69, 9.17) is 11.6 Å².